The van der Waals surface area contributed by atoms with Crippen LogP contribution in [-0.4, -0.2) is 17.7 Å². The number of alkyl halides is 2. The average molecular weight is 245 g/mol. The number of carbonyl (C=O) groups is 1. The van der Waals surface area contributed by atoms with Crippen LogP contribution in [0.25, 0.3) is 0 Å². The smallest absolute Gasteiger partial charge is 0.387 e. The number of nitriles is 1. The molecule has 1 aromatic rings. The number of carboxylic acids is 1. The zero-order chi connectivity index (χ0) is 12.3. The van der Waals surface area contributed by atoms with Crippen LogP contribution < -0.4 is 4.74 Å². The van der Waals surface area contributed by atoms with E-state index >= 15 is 0 Å². The van der Waals surface area contributed by atoms with Crippen LogP contribution in [0.4, 0.5) is 8.78 Å². The van der Waals surface area contributed by atoms with Gasteiger partial charge in [0.05, 0.1) is 5.56 Å². The lowest BCUT2D eigenvalue weighted by Crippen LogP contribution is -2.08. The number of benzene rings is 1. The van der Waals surface area contributed by atoms with Crippen molar-refractivity contribution in [2.24, 2.45) is 0 Å². The summed E-state index contributed by atoms with van der Waals surface area (Å²) in [6.45, 7) is -3.14. The Labute approximate surface area is 94.5 Å². The molecule has 7 heteroatoms. The molecule has 84 valence electrons. The highest BCUT2D eigenvalue weighted by Crippen LogP contribution is 2.27. The maximum absolute atomic E-state index is 12.0. The minimum absolute atomic E-state index is 0.0256. The fourth-order valence-corrected chi connectivity index (χ4v) is 1.25. The second-order valence-corrected chi connectivity index (χ2v) is 3.14. The molecule has 1 N–H and O–H groups in total. The number of hydrogen-bond donors (Lipinski definition) is 2. The molecular weight excluding hydrogens is 240 g/mol. The van der Waals surface area contributed by atoms with Gasteiger partial charge in [0.15, 0.2) is 0 Å². The summed E-state index contributed by atoms with van der Waals surface area (Å²) in [4.78, 5) is 10.8. The molecule has 0 spiro atoms. The standard InChI is InChI=1S/C9H5F2NO3S/c10-9(11)15-6-2-7(16)4(3-12)1-5(6)8(13)14/h1-2,9,16H,(H,13,14). The Morgan fingerprint density at radius 1 is 1.56 bits per heavy atom. The highest BCUT2D eigenvalue weighted by Gasteiger charge is 2.17. The Morgan fingerprint density at radius 2 is 2.19 bits per heavy atom. The molecule has 0 amide bonds. The molecule has 0 saturated heterocycles. The van der Waals surface area contributed by atoms with E-state index in [1.807, 2.05) is 0 Å². The molecule has 1 aromatic carbocycles. The number of halogens is 2. The first kappa shape index (κ1) is 12.3. The number of thiol groups is 1. The SMILES string of the molecule is N#Cc1cc(C(=O)O)c(OC(F)F)cc1S. The number of nitrogens with zero attached hydrogens (tertiary/aromatic N) is 1. The lowest BCUT2D eigenvalue weighted by molar-refractivity contribution is -0.0504. The van der Waals surface area contributed by atoms with Crippen molar-refractivity contribution < 1.29 is 23.4 Å². The van der Waals surface area contributed by atoms with Crippen molar-refractivity contribution in [3.63, 3.8) is 0 Å². The second-order valence-electron chi connectivity index (χ2n) is 2.66. The van der Waals surface area contributed by atoms with Gasteiger partial charge < -0.3 is 9.84 Å². The molecule has 0 aromatic heterocycles. The van der Waals surface area contributed by atoms with Gasteiger partial charge in [-0.1, -0.05) is 0 Å². The summed E-state index contributed by atoms with van der Waals surface area (Å²) < 4.78 is 28.0. The third-order valence-electron chi connectivity index (χ3n) is 1.66. The summed E-state index contributed by atoms with van der Waals surface area (Å²) >= 11 is 3.85. The van der Waals surface area contributed by atoms with Gasteiger partial charge in [0.1, 0.15) is 17.4 Å². The highest BCUT2D eigenvalue weighted by atomic mass is 32.1. The van der Waals surface area contributed by atoms with Gasteiger partial charge in [0, 0.05) is 4.90 Å². The molecule has 0 fully saturated rings. The molecule has 0 heterocycles. The van der Waals surface area contributed by atoms with Crippen LogP contribution in [-0.2, 0) is 0 Å². The van der Waals surface area contributed by atoms with Gasteiger partial charge >= 0.3 is 12.6 Å². The molecule has 0 unspecified atom stereocenters. The van der Waals surface area contributed by atoms with Crippen LogP contribution in [0, 0.1) is 11.3 Å². The second kappa shape index (κ2) is 4.81. The zero-order valence-electron chi connectivity index (χ0n) is 7.65. The average Bonchev–Trinajstić information content (AvgIpc) is 2.16. The summed E-state index contributed by atoms with van der Waals surface area (Å²) in [5.74, 6) is -1.98. The van der Waals surface area contributed by atoms with Crippen LogP contribution >= 0.6 is 12.6 Å². The Hall–Kier alpha value is -1.81. The van der Waals surface area contributed by atoms with Gasteiger partial charge in [-0.3, -0.25) is 0 Å². The number of rotatable bonds is 3. The number of carboxylic acid groups (broad SMARTS) is 1. The lowest BCUT2D eigenvalue weighted by Gasteiger charge is -2.09. The molecule has 0 bridgehead atoms. The molecule has 4 nitrogen and oxygen atoms in total. The van der Waals surface area contributed by atoms with E-state index in [1.54, 1.807) is 6.07 Å². The molecule has 0 radical (unpaired) electrons. The maximum atomic E-state index is 12.0. The molecule has 0 aliphatic heterocycles. The number of hydrogen-bond acceptors (Lipinski definition) is 4. The van der Waals surface area contributed by atoms with Gasteiger partial charge in [-0.15, -0.1) is 12.6 Å². The molecule has 16 heavy (non-hydrogen) atoms. The van der Waals surface area contributed by atoms with E-state index in [-0.39, 0.29) is 10.5 Å². The van der Waals surface area contributed by atoms with Gasteiger partial charge in [-0.2, -0.15) is 14.0 Å². The topological polar surface area (TPSA) is 70.3 Å². The first-order valence-electron chi connectivity index (χ1n) is 3.91. The van der Waals surface area contributed by atoms with E-state index in [4.69, 9.17) is 10.4 Å². The van der Waals surface area contributed by atoms with Crippen molar-refractivity contribution in [3.05, 3.63) is 23.3 Å². The van der Waals surface area contributed by atoms with Gasteiger partial charge in [0.25, 0.3) is 0 Å². The first-order valence-corrected chi connectivity index (χ1v) is 4.35. The Kier molecular flexibility index (Phi) is 3.68. The summed E-state index contributed by atoms with van der Waals surface area (Å²) in [5.41, 5.74) is -0.531. The monoisotopic (exact) mass is 245 g/mol. The van der Waals surface area contributed by atoms with Crippen molar-refractivity contribution in [3.8, 4) is 11.8 Å². The first-order chi connectivity index (χ1) is 7.45. The molecule has 0 saturated carbocycles. The van der Waals surface area contributed by atoms with Crippen molar-refractivity contribution in [1.29, 1.82) is 5.26 Å². The van der Waals surface area contributed by atoms with Crippen molar-refractivity contribution in [2.45, 2.75) is 11.5 Å². The number of ether oxygens (including phenoxy) is 1. The molecular formula is C9H5F2NO3S. The zero-order valence-corrected chi connectivity index (χ0v) is 8.54. The predicted octanol–water partition coefficient (Wildman–Crippen LogP) is 2.15. The molecule has 0 aliphatic rings. The van der Waals surface area contributed by atoms with E-state index in [0.29, 0.717) is 0 Å². The molecule has 0 aliphatic carbocycles. The molecule has 1 rings (SSSR count). The Morgan fingerprint density at radius 3 is 2.62 bits per heavy atom. The largest absolute Gasteiger partial charge is 0.478 e. The Balaban J connectivity index is 3.31. The van der Waals surface area contributed by atoms with Crippen molar-refractivity contribution >= 4 is 18.6 Å². The quantitative estimate of drug-likeness (QED) is 0.800. The number of aromatic carboxylic acids is 1. The minimum Gasteiger partial charge on any atom is -0.478 e. The van der Waals surface area contributed by atoms with Gasteiger partial charge in [-0.05, 0) is 12.1 Å². The van der Waals surface area contributed by atoms with Crippen LogP contribution in [0.3, 0.4) is 0 Å². The van der Waals surface area contributed by atoms with E-state index < -0.39 is 23.9 Å². The van der Waals surface area contributed by atoms with E-state index in [2.05, 4.69) is 17.4 Å². The van der Waals surface area contributed by atoms with Gasteiger partial charge in [0.2, 0.25) is 0 Å². The minimum atomic E-state index is -3.14. The van der Waals surface area contributed by atoms with E-state index in [9.17, 15) is 13.6 Å². The van der Waals surface area contributed by atoms with Gasteiger partial charge in [-0.25, -0.2) is 4.79 Å². The summed E-state index contributed by atoms with van der Waals surface area (Å²) in [7, 11) is 0. The van der Waals surface area contributed by atoms with Crippen LogP contribution in [0.2, 0.25) is 0 Å². The third-order valence-corrected chi connectivity index (χ3v) is 2.03. The summed E-state index contributed by atoms with van der Waals surface area (Å²) in [5, 5.41) is 17.3. The normalized spacial score (nSPS) is 9.94. The van der Waals surface area contributed by atoms with Crippen LogP contribution in [0.1, 0.15) is 15.9 Å². The van der Waals surface area contributed by atoms with Crippen molar-refractivity contribution in [1.82, 2.24) is 0 Å². The molecule has 0 atom stereocenters. The maximum Gasteiger partial charge on any atom is 0.387 e. The fourth-order valence-electron chi connectivity index (χ4n) is 1.02. The van der Waals surface area contributed by atoms with E-state index in [0.717, 1.165) is 12.1 Å². The predicted molar refractivity (Wildman–Crippen MR) is 52.0 cm³/mol. The Bertz CT molecular complexity index is 471. The van der Waals surface area contributed by atoms with Crippen LogP contribution in [0.15, 0.2) is 17.0 Å². The summed E-state index contributed by atoms with van der Waals surface area (Å²) in [6, 6.07) is 3.59. The van der Waals surface area contributed by atoms with Crippen LogP contribution in [0.5, 0.6) is 5.75 Å². The van der Waals surface area contributed by atoms with Crippen molar-refractivity contribution in [2.75, 3.05) is 0 Å². The third kappa shape index (κ3) is 2.61. The fraction of sp³-hybridized carbons (Fsp3) is 0.111. The highest BCUT2D eigenvalue weighted by molar-refractivity contribution is 7.80. The van der Waals surface area contributed by atoms with E-state index in [1.165, 1.54) is 0 Å². The lowest BCUT2D eigenvalue weighted by atomic mass is 10.1. The summed E-state index contributed by atoms with van der Waals surface area (Å²) in [6.07, 6.45) is 0.